The number of rotatable bonds is 3. The monoisotopic (exact) mass is 398 g/mol. The van der Waals surface area contributed by atoms with Gasteiger partial charge in [-0.05, 0) is 49.2 Å². The van der Waals surface area contributed by atoms with Gasteiger partial charge in [-0.2, -0.15) is 0 Å². The molecule has 2 aromatic carbocycles. The number of amides is 1. The number of sulfonamides is 1. The van der Waals surface area contributed by atoms with Gasteiger partial charge in [-0.1, -0.05) is 18.2 Å². The number of nitrogens with zero attached hydrogens (tertiary/aromatic N) is 1. The van der Waals surface area contributed by atoms with E-state index in [0.29, 0.717) is 28.6 Å². The van der Waals surface area contributed by atoms with E-state index in [9.17, 15) is 18.0 Å². The summed E-state index contributed by atoms with van der Waals surface area (Å²) in [7, 11) is -3.91. The van der Waals surface area contributed by atoms with E-state index >= 15 is 0 Å². The molecule has 2 heterocycles. The molecule has 0 spiro atoms. The molecular formula is C20H18N2O5S. The summed E-state index contributed by atoms with van der Waals surface area (Å²) in [6.07, 6.45) is 0.300. The van der Waals surface area contributed by atoms with Crippen LogP contribution in [0, 0.1) is 0 Å². The Bertz CT molecular complexity index is 1250. The number of carbonyl (C=O) groups excluding carboxylic acids is 1. The molecule has 2 N–H and O–H groups in total. The van der Waals surface area contributed by atoms with Crippen LogP contribution < -0.4 is 15.7 Å². The predicted molar refractivity (Wildman–Crippen MR) is 105 cm³/mol. The van der Waals surface area contributed by atoms with Crippen LogP contribution in [-0.2, 0) is 14.8 Å². The van der Waals surface area contributed by atoms with Crippen LogP contribution in [0.2, 0.25) is 0 Å². The SMILES string of the molecule is C[C@H]1C[C@@H](C(N)=O)c2ccccc2N1S(=O)(=O)c1ccc2oc(=O)ccc2c1. The zero-order valence-corrected chi connectivity index (χ0v) is 15.8. The van der Waals surface area contributed by atoms with Crippen LogP contribution >= 0.6 is 0 Å². The van der Waals surface area contributed by atoms with Crippen LogP contribution in [0.3, 0.4) is 0 Å². The minimum absolute atomic E-state index is 0.0769. The molecule has 4 rings (SSSR count). The maximum Gasteiger partial charge on any atom is 0.336 e. The molecule has 1 aliphatic rings. The fourth-order valence-corrected chi connectivity index (χ4v) is 5.47. The van der Waals surface area contributed by atoms with Gasteiger partial charge in [-0.15, -0.1) is 0 Å². The number of carbonyl (C=O) groups is 1. The fourth-order valence-electron chi connectivity index (χ4n) is 3.74. The first kappa shape index (κ1) is 18.2. The molecule has 0 unspecified atom stereocenters. The molecule has 0 radical (unpaired) electrons. The van der Waals surface area contributed by atoms with Crippen LogP contribution in [0.5, 0.6) is 0 Å². The first-order valence-electron chi connectivity index (χ1n) is 8.75. The number of anilines is 1. The minimum atomic E-state index is -3.91. The number of benzene rings is 2. The van der Waals surface area contributed by atoms with Crippen LogP contribution in [0.1, 0.15) is 24.8 Å². The van der Waals surface area contributed by atoms with E-state index in [-0.39, 0.29) is 4.90 Å². The third kappa shape index (κ3) is 2.86. The highest BCUT2D eigenvalue weighted by Gasteiger charge is 2.39. The van der Waals surface area contributed by atoms with E-state index in [1.54, 1.807) is 31.2 Å². The summed E-state index contributed by atoms with van der Waals surface area (Å²) >= 11 is 0. The van der Waals surface area contributed by atoms with Crippen molar-refractivity contribution in [3.63, 3.8) is 0 Å². The quantitative estimate of drug-likeness (QED) is 0.681. The van der Waals surface area contributed by atoms with E-state index in [1.807, 2.05) is 0 Å². The molecular weight excluding hydrogens is 380 g/mol. The number of primary amides is 1. The number of hydrogen-bond donors (Lipinski definition) is 1. The zero-order valence-electron chi connectivity index (χ0n) is 15.0. The lowest BCUT2D eigenvalue weighted by atomic mass is 9.87. The Morgan fingerprint density at radius 3 is 2.64 bits per heavy atom. The van der Waals surface area contributed by atoms with Gasteiger partial charge in [0.1, 0.15) is 5.58 Å². The summed E-state index contributed by atoms with van der Waals surface area (Å²) in [6, 6.07) is 13.6. The molecule has 3 aromatic rings. The predicted octanol–water partition coefficient (Wildman–Crippen LogP) is 2.35. The Morgan fingerprint density at radius 1 is 1.14 bits per heavy atom. The van der Waals surface area contributed by atoms with Crippen molar-refractivity contribution in [3.8, 4) is 0 Å². The molecule has 8 heteroatoms. The lowest BCUT2D eigenvalue weighted by molar-refractivity contribution is -0.119. The third-order valence-electron chi connectivity index (χ3n) is 5.02. The van der Waals surface area contributed by atoms with Crippen LogP contribution in [-0.4, -0.2) is 20.4 Å². The summed E-state index contributed by atoms with van der Waals surface area (Å²) < 4.78 is 33.3. The minimum Gasteiger partial charge on any atom is -0.423 e. The average molecular weight is 398 g/mol. The van der Waals surface area contributed by atoms with Gasteiger partial charge in [0.15, 0.2) is 0 Å². The Kier molecular flexibility index (Phi) is 4.23. The molecule has 7 nitrogen and oxygen atoms in total. The highest BCUT2D eigenvalue weighted by atomic mass is 32.2. The van der Waals surface area contributed by atoms with E-state index in [4.69, 9.17) is 10.2 Å². The first-order chi connectivity index (χ1) is 13.3. The average Bonchev–Trinajstić information content (AvgIpc) is 2.66. The van der Waals surface area contributed by atoms with E-state index in [0.717, 1.165) is 0 Å². The van der Waals surface area contributed by atoms with Gasteiger partial charge in [0.2, 0.25) is 5.91 Å². The van der Waals surface area contributed by atoms with Crippen molar-refractivity contribution in [1.29, 1.82) is 0 Å². The van der Waals surface area contributed by atoms with Gasteiger partial charge in [0.25, 0.3) is 10.0 Å². The first-order valence-corrected chi connectivity index (χ1v) is 10.2. The number of fused-ring (bicyclic) bond motifs is 2. The van der Waals surface area contributed by atoms with Crippen molar-refractivity contribution in [2.75, 3.05) is 4.31 Å². The molecule has 28 heavy (non-hydrogen) atoms. The smallest absolute Gasteiger partial charge is 0.336 e. The lowest BCUT2D eigenvalue weighted by Gasteiger charge is -2.38. The topological polar surface area (TPSA) is 111 Å². The second kappa shape index (κ2) is 6.49. The maximum atomic E-state index is 13.5. The van der Waals surface area contributed by atoms with Crippen molar-refractivity contribution in [1.82, 2.24) is 0 Å². The van der Waals surface area contributed by atoms with Gasteiger partial charge in [0.05, 0.1) is 16.5 Å². The Morgan fingerprint density at radius 2 is 1.89 bits per heavy atom. The molecule has 1 amide bonds. The van der Waals surface area contributed by atoms with Crippen molar-refractivity contribution in [2.24, 2.45) is 5.73 Å². The fraction of sp³-hybridized carbons (Fsp3) is 0.200. The summed E-state index contributed by atoms with van der Waals surface area (Å²) in [5.74, 6) is -1.01. The molecule has 0 bridgehead atoms. The molecule has 144 valence electrons. The largest absolute Gasteiger partial charge is 0.423 e. The summed E-state index contributed by atoms with van der Waals surface area (Å²) in [6.45, 7) is 1.75. The number of nitrogens with two attached hydrogens (primary N) is 1. The maximum absolute atomic E-state index is 13.5. The highest BCUT2D eigenvalue weighted by molar-refractivity contribution is 7.92. The third-order valence-corrected chi connectivity index (χ3v) is 6.94. The van der Waals surface area contributed by atoms with Gasteiger partial charge in [-0.25, -0.2) is 13.2 Å². The van der Waals surface area contributed by atoms with E-state index in [2.05, 4.69) is 0 Å². The summed E-state index contributed by atoms with van der Waals surface area (Å²) in [5, 5.41) is 0.508. The van der Waals surface area contributed by atoms with Gasteiger partial charge in [0, 0.05) is 17.5 Å². The number of para-hydroxylation sites is 1. The molecule has 0 saturated carbocycles. The van der Waals surface area contributed by atoms with Crippen LogP contribution in [0.25, 0.3) is 11.0 Å². The standard InChI is InChI=1S/C20H18N2O5S/c1-12-10-16(20(21)24)15-4-2-3-5-17(15)22(12)28(25,26)14-7-8-18-13(11-14)6-9-19(23)27-18/h2-9,11-12,16H,10H2,1H3,(H2,21,24)/t12-,16+/m0/s1. The zero-order chi connectivity index (χ0) is 20.1. The normalized spacial score (nSPS) is 19.4. The molecule has 2 atom stereocenters. The Labute approximate surface area is 161 Å². The van der Waals surface area contributed by atoms with Crippen molar-refractivity contribution < 1.29 is 17.6 Å². The van der Waals surface area contributed by atoms with Crippen molar-refractivity contribution in [3.05, 3.63) is 70.6 Å². The van der Waals surface area contributed by atoms with Gasteiger partial charge in [-0.3, -0.25) is 9.10 Å². The Hall–Kier alpha value is -3.13. The number of hydrogen-bond acceptors (Lipinski definition) is 5. The molecule has 0 aliphatic carbocycles. The van der Waals surface area contributed by atoms with Crippen molar-refractivity contribution in [2.45, 2.75) is 30.2 Å². The van der Waals surface area contributed by atoms with Gasteiger partial charge >= 0.3 is 5.63 Å². The highest BCUT2D eigenvalue weighted by Crippen LogP contribution is 2.41. The molecule has 0 saturated heterocycles. The summed E-state index contributed by atoms with van der Waals surface area (Å²) in [4.78, 5) is 23.3. The molecule has 1 aliphatic heterocycles. The van der Waals surface area contributed by atoms with E-state index < -0.39 is 33.5 Å². The molecule has 0 fully saturated rings. The molecule has 1 aromatic heterocycles. The second-order valence-corrected chi connectivity index (χ2v) is 8.67. The Balaban J connectivity index is 1.87. The van der Waals surface area contributed by atoms with Gasteiger partial charge < -0.3 is 10.2 Å². The summed E-state index contributed by atoms with van der Waals surface area (Å²) in [5.41, 5.74) is 6.40. The van der Waals surface area contributed by atoms with Crippen molar-refractivity contribution >= 4 is 32.6 Å². The van der Waals surface area contributed by atoms with Crippen LogP contribution in [0.4, 0.5) is 5.69 Å². The lowest BCUT2D eigenvalue weighted by Crippen LogP contribution is -2.45. The van der Waals surface area contributed by atoms with Crippen LogP contribution in [0.15, 0.2) is 68.7 Å². The second-order valence-electron chi connectivity index (χ2n) is 6.85. The van der Waals surface area contributed by atoms with E-state index in [1.165, 1.54) is 34.6 Å².